The van der Waals surface area contributed by atoms with Gasteiger partial charge in [-0.2, -0.15) is 0 Å². The van der Waals surface area contributed by atoms with E-state index in [1.165, 1.54) is 5.56 Å². The van der Waals surface area contributed by atoms with E-state index in [-0.39, 0.29) is 11.9 Å². The number of hydrogen-bond acceptors (Lipinski definition) is 5. The molecule has 2 N–H and O–H groups in total. The highest BCUT2D eigenvalue weighted by Crippen LogP contribution is 2.35. The predicted octanol–water partition coefficient (Wildman–Crippen LogP) is 4.72. The molecule has 0 radical (unpaired) electrons. The van der Waals surface area contributed by atoms with Crippen LogP contribution in [0.5, 0.6) is 11.5 Å². The molecule has 0 saturated heterocycles. The van der Waals surface area contributed by atoms with Crippen LogP contribution in [0.4, 0.5) is 4.79 Å². The number of aryl methyl sites for hydroxylation is 2. The summed E-state index contributed by atoms with van der Waals surface area (Å²) in [4.78, 5) is 25.0. The van der Waals surface area contributed by atoms with Crippen LogP contribution in [0.3, 0.4) is 0 Å². The van der Waals surface area contributed by atoms with E-state index in [1.807, 2.05) is 33.8 Å². The predicted molar refractivity (Wildman–Crippen MR) is 126 cm³/mol. The van der Waals surface area contributed by atoms with E-state index >= 15 is 0 Å². The third kappa shape index (κ3) is 5.86. The van der Waals surface area contributed by atoms with Crippen LogP contribution >= 0.6 is 0 Å². The molecule has 0 fully saturated rings. The lowest BCUT2D eigenvalue weighted by atomic mass is 9.95. The van der Waals surface area contributed by atoms with Crippen molar-refractivity contribution in [2.24, 2.45) is 5.92 Å². The van der Waals surface area contributed by atoms with Crippen LogP contribution < -0.4 is 20.1 Å². The number of nitrogens with one attached hydrogen (secondary N) is 2. The van der Waals surface area contributed by atoms with Gasteiger partial charge in [0.15, 0.2) is 11.5 Å². The Balaban J connectivity index is 1.87. The summed E-state index contributed by atoms with van der Waals surface area (Å²) in [6, 6.07) is 10.6. The number of hydrogen-bond donors (Lipinski definition) is 2. The summed E-state index contributed by atoms with van der Waals surface area (Å²) in [5.74, 6) is 0.825. The molecule has 2 amide bonds. The van der Waals surface area contributed by atoms with Crippen molar-refractivity contribution in [2.75, 3.05) is 13.7 Å². The molecule has 0 spiro atoms. The number of benzene rings is 2. The van der Waals surface area contributed by atoms with Gasteiger partial charge in [-0.05, 0) is 55.5 Å². The van der Waals surface area contributed by atoms with Gasteiger partial charge in [0.2, 0.25) is 0 Å². The van der Waals surface area contributed by atoms with Crippen molar-refractivity contribution in [1.82, 2.24) is 10.6 Å². The first-order valence-corrected chi connectivity index (χ1v) is 11.0. The number of esters is 1. The number of ether oxygens (including phenoxy) is 3. The van der Waals surface area contributed by atoms with Gasteiger partial charge in [0.05, 0.1) is 25.3 Å². The molecule has 0 saturated carbocycles. The highest BCUT2D eigenvalue weighted by molar-refractivity contribution is 5.95. The monoisotopic (exact) mass is 452 g/mol. The molecular formula is C26H32N2O5. The summed E-state index contributed by atoms with van der Waals surface area (Å²) >= 11 is 0. The lowest BCUT2D eigenvalue weighted by Crippen LogP contribution is -2.45. The Kier molecular flexibility index (Phi) is 7.63. The van der Waals surface area contributed by atoms with E-state index in [1.54, 1.807) is 26.2 Å². The highest BCUT2D eigenvalue weighted by Gasteiger charge is 2.33. The highest BCUT2D eigenvalue weighted by atomic mass is 16.5. The zero-order chi connectivity index (χ0) is 24.1. The Hall–Kier alpha value is -3.48. The molecule has 1 atom stereocenters. The van der Waals surface area contributed by atoms with Crippen molar-refractivity contribution in [3.63, 3.8) is 0 Å². The molecule has 0 bridgehead atoms. The summed E-state index contributed by atoms with van der Waals surface area (Å²) in [6.45, 7) is 10.4. The van der Waals surface area contributed by atoms with E-state index in [0.29, 0.717) is 41.5 Å². The van der Waals surface area contributed by atoms with Crippen molar-refractivity contribution in [3.05, 3.63) is 69.9 Å². The van der Waals surface area contributed by atoms with Gasteiger partial charge < -0.3 is 24.8 Å². The van der Waals surface area contributed by atoms with Crippen molar-refractivity contribution in [2.45, 2.75) is 47.3 Å². The fourth-order valence-electron chi connectivity index (χ4n) is 3.63. The molecule has 2 aromatic rings. The smallest absolute Gasteiger partial charge is 0.338 e. The Morgan fingerprint density at radius 3 is 2.52 bits per heavy atom. The van der Waals surface area contributed by atoms with E-state index in [0.717, 1.165) is 11.1 Å². The van der Waals surface area contributed by atoms with Gasteiger partial charge >= 0.3 is 12.0 Å². The third-order valence-electron chi connectivity index (χ3n) is 5.45. The molecule has 0 aromatic heterocycles. The number of carbonyl (C=O) groups excluding carboxylic acids is 2. The normalized spacial score (nSPS) is 15.7. The Morgan fingerprint density at radius 2 is 1.82 bits per heavy atom. The summed E-state index contributed by atoms with van der Waals surface area (Å²) in [5, 5.41) is 5.48. The van der Waals surface area contributed by atoms with Crippen LogP contribution in [0.15, 0.2) is 47.7 Å². The average Bonchev–Trinajstić information content (AvgIpc) is 2.77. The third-order valence-corrected chi connectivity index (χ3v) is 5.45. The number of methoxy groups -OCH3 is 1. The van der Waals surface area contributed by atoms with E-state index in [9.17, 15) is 9.59 Å². The minimum Gasteiger partial charge on any atom is -0.493 e. The largest absolute Gasteiger partial charge is 0.493 e. The minimum atomic E-state index is -0.666. The van der Waals surface area contributed by atoms with Crippen LogP contribution in [0.25, 0.3) is 0 Å². The van der Waals surface area contributed by atoms with E-state index in [2.05, 4.69) is 28.8 Å². The van der Waals surface area contributed by atoms with Crippen molar-refractivity contribution in [1.29, 1.82) is 0 Å². The van der Waals surface area contributed by atoms with Gasteiger partial charge in [0.1, 0.15) is 6.61 Å². The molecule has 176 valence electrons. The van der Waals surface area contributed by atoms with Crippen LogP contribution in [-0.2, 0) is 16.1 Å². The Labute approximate surface area is 195 Å². The number of amides is 2. The second-order valence-corrected chi connectivity index (χ2v) is 8.69. The fraction of sp³-hybridized carbons (Fsp3) is 0.385. The maximum atomic E-state index is 12.8. The van der Waals surface area contributed by atoms with Gasteiger partial charge in [-0.15, -0.1) is 0 Å². The topological polar surface area (TPSA) is 85.9 Å². The summed E-state index contributed by atoms with van der Waals surface area (Å²) in [7, 11) is 1.56. The van der Waals surface area contributed by atoms with Crippen molar-refractivity contribution < 1.29 is 23.8 Å². The van der Waals surface area contributed by atoms with Gasteiger partial charge in [0.25, 0.3) is 0 Å². The van der Waals surface area contributed by atoms with Crippen LogP contribution in [0, 0.1) is 19.8 Å². The summed E-state index contributed by atoms with van der Waals surface area (Å²) in [6.07, 6.45) is 0. The molecule has 1 unspecified atom stereocenters. The maximum Gasteiger partial charge on any atom is 0.338 e. The second kappa shape index (κ2) is 10.4. The molecular weight excluding hydrogens is 420 g/mol. The number of urea groups is 1. The summed E-state index contributed by atoms with van der Waals surface area (Å²) < 4.78 is 17.1. The molecule has 1 heterocycles. The zero-order valence-electron chi connectivity index (χ0n) is 20.1. The van der Waals surface area contributed by atoms with Crippen molar-refractivity contribution >= 4 is 12.0 Å². The van der Waals surface area contributed by atoms with Gasteiger partial charge in [-0.25, -0.2) is 9.59 Å². The zero-order valence-corrected chi connectivity index (χ0v) is 20.1. The quantitative estimate of drug-likeness (QED) is 0.566. The number of rotatable bonds is 8. The molecule has 33 heavy (non-hydrogen) atoms. The molecule has 7 heteroatoms. The van der Waals surface area contributed by atoms with Crippen LogP contribution in [0.2, 0.25) is 0 Å². The van der Waals surface area contributed by atoms with Crippen LogP contribution in [0.1, 0.15) is 49.1 Å². The number of carbonyl (C=O) groups is 2. The molecule has 7 nitrogen and oxygen atoms in total. The first kappa shape index (κ1) is 24.2. The van der Waals surface area contributed by atoms with E-state index < -0.39 is 12.0 Å². The molecule has 1 aliphatic rings. The Bertz CT molecular complexity index is 1070. The maximum absolute atomic E-state index is 12.8. The van der Waals surface area contributed by atoms with Gasteiger partial charge in [-0.1, -0.05) is 43.7 Å². The molecule has 1 aliphatic heterocycles. The van der Waals surface area contributed by atoms with Gasteiger partial charge in [0, 0.05) is 5.70 Å². The molecule has 3 rings (SSSR count). The SMILES string of the molecule is COc1cc(C2NC(=O)NC(C)=C2C(=O)OCC(C)C)ccc1OCc1cc(C)ccc1C. The first-order valence-electron chi connectivity index (χ1n) is 11.0. The lowest BCUT2D eigenvalue weighted by molar-refractivity contribution is -0.140. The number of allylic oxidation sites excluding steroid dienone is 1. The van der Waals surface area contributed by atoms with Crippen molar-refractivity contribution in [3.8, 4) is 11.5 Å². The standard InChI is InChI=1S/C26H32N2O5/c1-15(2)13-33-25(29)23-18(5)27-26(30)28-24(23)19-9-10-21(22(12-19)31-6)32-14-20-11-16(3)7-8-17(20)4/h7-12,15,24H,13-14H2,1-6H3,(H2,27,28,30). The van der Waals surface area contributed by atoms with E-state index in [4.69, 9.17) is 14.2 Å². The second-order valence-electron chi connectivity index (χ2n) is 8.69. The van der Waals surface area contributed by atoms with Crippen LogP contribution in [-0.4, -0.2) is 25.7 Å². The Morgan fingerprint density at radius 1 is 1.06 bits per heavy atom. The lowest BCUT2D eigenvalue weighted by Gasteiger charge is -2.28. The van der Waals surface area contributed by atoms with Gasteiger partial charge in [-0.3, -0.25) is 0 Å². The summed E-state index contributed by atoms with van der Waals surface area (Å²) in [5.41, 5.74) is 4.94. The fourth-order valence-corrected chi connectivity index (χ4v) is 3.63. The first-order chi connectivity index (χ1) is 15.7. The molecule has 0 aliphatic carbocycles. The average molecular weight is 453 g/mol. The minimum absolute atomic E-state index is 0.202. The molecule has 2 aromatic carbocycles.